The summed E-state index contributed by atoms with van der Waals surface area (Å²) in [6.45, 7) is 0.442. The molecular formula is C26H33F9N5O5P. The number of quaternary nitrogens is 1. The van der Waals surface area contributed by atoms with Gasteiger partial charge in [-0.25, -0.2) is 8.78 Å². The molecule has 1 atom stereocenters. The number of alkyl halides is 3. The summed E-state index contributed by atoms with van der Waals surface area (Å²) >= 11 is 0. The third-order valence-electron chi connectivity index (χ3n) is 6.13. The van der Waals surface area contributed by atoms with Crippen LogP contribution < -0.4 is 10.1 Å². The molecule has 0 aliphatic carbocycles. The second-order valence-corrected chi connectivity index (χ2v) is 12.7. The maximum absolute atomic E-state index is 13.6. The quantitative estimate of drug-likeness (QED) is 0.0910. The number of amides is 2. The number of pyridine rings is 1. The molecule has 3 rings (SSSR count). The number of ether oxygens (including phenoxy) is 3. The van der Waals surface area contributed by atoms with Crippen LogP contribution in [0.15, 0.2) is 30.5 Å². The zero-order valence-electron chi connectivity index (χ0n) is 24.7. The first kappa shape index (κ1) is 38.7. The molecule has 10 nitrogen and oxygen atoms in total. The third-order valence-corrected chi connectivity index (χ3v) is 6.13. The summed E-state index contributed by atoms with van der Waals surface area (Å²) in [5.41, 5.74) is 0.748. The Balaban J connectivity index is 0.000000942. The van der Waals surface area contributed by atoms with Crippen LogP contribution in [0.3, 0.4) is 0 Å². The van der Waals surface area contributed by atoms with E-state index in [0.29, 0.717) is 49.6 Å². The maximum atomic E-state index is 13.6. The standard InChI is InChI=1S/C26H32F3N5O5.F6P/c1-34(2,18-27)7-8-37-9-10-38-11-12-39-20-3-4-23-22(13-20)21(5-6-31-23)25(36)32-16-24(35)33-17-26(28,29)14-19(33)15-30;1-7(2,3,4,5)6/h3-6,13,19H,7-12,14,16-18H2,1-2H3;/q;-1/p+1/t19-;/m0./s1. The van der Waals surface area contributed by atoms with Crippen molar-refractivity contribution in [2.45, 2.75) is 18.4 Å². The Morgan fingerprint density at radius 3 is 2.28 bits per heavy atom. The molecule has 1 fully saturated rings. The van der Waals surface area contributed by atoms with Gasteiger partial charge in [-0.2, -0.15) is 9.65 Å². The van der Waals surface area contributed by atoms with Crippen LogP contribution in [0.2, 0.25) is 0 Å². The van der Waals surface area contributed by atoms with Crippen molar-refractivity contribution >= 4 is 30.5 Å². The average molecular weight is 698 g/mol. The van der Waals surface area contributed by atoms with Crippen molar-refractivity contribution in [1.29, 1.82) is 5.26 Å². The van der Waals surface area contributed by atoms with Gasteiger partial charge in [0.2, 0.25) is 12.7 Å². The number of hydrogen-bond donors (Lipinski definition) is 1. The van der Waals surface area contributed by atoms with Crippen molar-refractivity contribution in [3.8, 4) is 11.8 Å². The molecule has 1 N–H and O–H groups in total. The Bertz CT molecular complexity index is 1400. The SMILES string of the molecule is C[N+](C)(CF)CCOCCOCCOc1ccc2nccc(C(=O)NCC(=O)N3CC(F)(F)C[C@H]3C#N)c2c1.F[P-](F)(F)(F)(F)F. The van der Waals surface area contributed by atoms with Gasteiger partial charge in [-0.15, -0.1) is 0 Å². The number of halogens is 9. The van der Waals surface area contributed by atoms with E-state index in [9.17, 15) is 47.9 Å². The number of rotatable bonds is 14. The van der Waals surface area contributed by atoms with Crippen molar-refractivity contribution < 1.29 is 66.6 Å². The molecule has 1 aromatic carbocycles. The summed E-state index contributed by atoms with van der Waals surface area (Å²) in [4.78, 5) is 30.3. The summed E-state index contributed by atoms with van der Waals surface area (Å²) in [5.74, 6) is -4.01. The number of benzene rings is 1. The molecule has 2 aromatic rings. The number of carbonyl (C=O) groups is 2. The van der Waals surface area contributed by atoms with E-state index in [1.807, 2.05) is 0 Å². The van der Waals surface area contributed by atoms with Crippen molar-refractivity contribution in [2.75, 3.05) is 73.6 Å². The summed E-state index contributed by atoms with van der Waals surface area (Å²) in [6, 6.07) is 6.97. The van der Waals surface area contributed by atoms with Crippen molar-refractivity contribution in [3.63, 3.8) is 0 Å². The fourth-order valence-electron chi connectivity index (χ4n) is 3.87. The average Bonchev–Trinajstić information content (AvgIpc) is 3.27. The van der Waals surface area contributed by atoms with E-state index in [1.165, 1.54) is 12.3 Å². The monoisotopic (exact) mass is 697 g/mol. The van der Waals surface area contributed by atoms with E-state index in [0.717, 1.165) is 4.90 Å². The number of fused-ring (bicyclic) bond motifs is 1. The molecule has 1 saturated heterocycles. The van der Waals surface area contributed by atoms with Gasteiger partial charge in [0.1, 0.15) is 24.9 Å². The molecular weight excluding hydrogens is 664 g/mol. The minimum atomic E-state index is -10.7. The number of hydrogen-bond acceptors (Lipinski definition) is 7. The normalized spacial score (nSPS) is 17.7. The fourth-order valence-corrected chi connectivity index (χ4v) is 3.87. The molecule has 0 saturated carbocycles. The van der Waals surface area contributed by atoms with E-state index in [4.69, 9.17) is 19.5 Å². The van der Waals surface area contributed by atoms with Gasteiger partial charge >= 0.3 is 33.0 Å². The number of likely N-dealkylation sites (N-methyl/N-ethyl adjacent to an activating group) is 1. The van der Waals surface area contributed by atoms with Gasteiger partial charge in [0, 0.05) is 18.0 Å². The van der Waals surface area contributed by atoms with Crippen molar-refractivity contribution in [2.24, 2.45) is 0 Å². The van der Waals surface area contributed by atoms with Gasteiger partial charge in [0.15, 0.2) is 0 Å². The summed E-state index contributed by atoms with van der Waals surface area (Å²) in [6.07, 6.45) is 0.721. The Kier molecular flexibility index (Phi) is 12.2. The zero-order valence-corrected chi connectivity index (χ0v) is 25.6. The number of nitrogens with zero attached hydrogens (tertiary/aromatic N) is 4. The molecule has 2 heterocycles. The number of nitriles is 1. The number of nitrogens with one attached hydrogen (secondary N) is 1. The molecule has 0 spiro atoms. The van der Waals surface area contributed by atoms with Gasteiger partial charge in [-0.05, 0) is 24.3 Å². The van der Waals surface area contributed by atoms with E-state index < -0.39 is 57.9 Å². The van der Waals surface area contributed by atoms with Crippen LogP contribution >= 0.6 is 7.81 Å². The molecule has 20 heteroatoms. The molecule has 46 heavy (non-hydrogen) atoms. The second kappa shape index (κ2) is 14.5. The molecule has 260 valence electrons. The first-order valence-corrected chi connectivity index (χ1v) is 15.5. The van der Waals surface area contributed by atoms with Gasteiger partial charge in [0.25, 0.3) is 11.8 Å². The Hall–Kier alpha value is -3.46. The molecule has 1 aromatic heterocycles. The number of likely N-dealkylation sites (tertiary alicyclic amines) is 1. The molecule has 0 radical (unpaired) electrons. The van der Waals surface area contributed by atoms with Crippen LogP contribution in [0.4, 0.5) is 38.4 Å². The predicted octanol–water partition coefficient (Wildman–Crippen LogP) is 5.52. The van der Waals surface area contributed by atoms with E-state index >= 15 is 0 Å². The minimum absolute atomic E-state index is 0.227. The zero-order chi connectivity index (χ0) is 34.9. The molecule has 1 aliphatic rings. The molecule has 0 unspecified atom stereocenters. The van der Waals surface area contributed by atoms with E-state index in [-0.39, 0.29) is 16.7 Å². The molecule has 1 aliphatic heterocycles. The van der Waals surface area contributed by atoms with Crippen LogP contribution in [-0.4, -0.2) is 112 Å². The Morgan fingerprint density at radius 1 is 1.07 bits per heavy atom. The topological polar surface area (TPSA) is 114 Å². The number of carbonyl (C=O) groups excluding carboxylic acids is 2. The Morgan fingerprint density at radius 2 is 1.67 bits per heavy atom. The Labute approximate surface area is 257 Å². The van der Waals surface area contributed by atoms with Crippen LogP contribution in [0.25, 0.3) is 10.9 Å². The first-order chi connectivity index (χ1) is 21.0. The number of aromatic nitrogens is 1. The van der Waals surface area contributed by atoms with Crippen LogP contribution in [-0.2, 0) is 14.3 Å². The van der Waals surface area contributed by atoms with Gasteiger partial charge < -0.3 is 28.9 Å². The van der Waals surface area contributed by atoms with Gasteiger partial charge in [-0.3, -0.25) is 14.6 Å². The van der Waals surface area contributed by atoms with Crippen LogP contribution in [0.5, 0.6) is 5.75 Å². The first-order valence-electron chi connectivity index (χ1n) is 13.5. The van der Waals surface area contributed by atoms with Crippen molar-refractivity contribution in [1.82, 2.24) is 15.2 Å². The summed E-state index contributed by atoms with van der Waals surface area (Å²) in [5, 5.41) is 12.0. The van der Waals surface area contributed by atoms with Crippen LogP contribution in [0.1, 0.15) is 16.8 Å². The van der Waals surface area contributed by atoms with E-state index in [1.54, 1.807) is 38.4 Å². The van der Waals surface area contributed by atoms with Gasteiger partial charge in [-0.1, -0.05) is 0 Å². The van der Waals surface area contributed by atoms with E-state index in [2.05, 4.69) is 10.3 Å². The van der Waals surface area contributed by atoms with Gasteiger partial charge in [0.05, 0.1) is 70.8 Å². The molecule has 0 bridgehead atoms. The fraction of sp³-hybridized carbons (Fsp3) is 0.538. The van der Waals surface area contributed by atoms with Crippen LogP contribution in [0, 0.1) is 11.3 Å². The summed E-state index contributed by atoms with van der Waals surface area (Å²) < 4.78 is 116. The summed E-state index contributed by atoms with van der Waals surface area (Å²) in [7, 11) is -7.10. The predicted molar refractivity (Wildman–Crippen MR) is 148 cm³/mol. The second-order valence-electron chi connectivity index (χ2n) is 10.8. The van der Waals surface area contributed by atoms with Crippen molar-refractivity contribution in [3.05, 3.63) is 36.0 Å². The molecule has 2 amide bonds. The third kappa shape index (κ3) is 15.2.